The number of para-hydroxylation sites is 1. The van der Waals surface area contributed by atoms with Crippen LogP contribution in [0.1, 0.15) is 6.92 Å². The van der Waals surface area contributed by atoms with E-state index in [9.17, 15) is 9.90 Å². The van der Waals surface area contributed by atoms with Gasteiger partial charge in [-0.15, -0.1) is 0 Å². The van der Waals surface area contributed by atoms with Crippen LogP contribution in [-0.4, -0.2) is 37.0 Å². The van der Waals surface area contributed by atoms with E-state index in [1.165, 1.54) is 0 Å². The molecule has 0 radical (unpaired) electrons. The Morgan fingerprint density at radius 2 is 2.12 bits per heavy atom. The maximum atomic E-state index is 11.5. The molecule has 0 saturated carbocycles. The van der Waals surface area contributed by atoms with Crippen molar-refractivity contribution >= 4 is 11.6 Å². The van der Waals surface area contributed by atoms with E-state index in [2.05, 4.69) is 10.6 Å². The zero-order valence-corrected chi connectivity index (χ0v) is 9.85. The van der Waals surface area contributed by atoms with Crippen molar-refractivity contribution in [3.8, 4) is 0 Å². The van der Waals surface area contributed by atoms with Gasteiger partial charge < -0.3 is 20.5 Å². The molecule has 0 aliphatic rings. The predicted molar refractivity (Wildman–Crippen MR) is 65.6 cm³/mol. The first-order chi connectivity index (χ1) is 8.22. The molecule has 0 aliphatic carbocycles. The zero-order chi connectivity index (χ0) is 12.5. The highest BCUT2D eigenvalue weighted by Crippen LogP contribution is 2.03. The fraction of sp³-hybridized carbons (Fsp3) is 0.417. The summed E-state index contributed by atoms with van der Waals surface area (Å²) in [5.74, 6) is -0.153. The second-order valence-corrected chi connectivity index (χ2v) is 3.46. The Bertz CT molecular complexity index is 330. The topological polar surface area (TPSA) is 70.6 Å². The maximum absolute atomic E-state index is 11.5. The third-order valence-electron chi connectivity index (χ3n) is 2.02. The van der Waals surface area contributed by atoms with E-state index >= 15 is 0 Å². The van der Waals surface area contributed by atoms with Crippen molar-refractivity contribution in [2.75, 3.05) is 25.0 Å². The third-order valence-corrected chi connectivity index (χ3v) is 2.02. The van der Waals surface area contributed by atoms with Crippen LogP contribution in [0, 0.1) is 0 Å². The summed E-state index contributed by atoms with van der Waals surface area (Å²) < 4.78 is 4.90. The van der Waals surface area contributed by atoms with Crippen LogP contribution in [0.2, 0.25) is 0 Å². The van der Waals surface area contributed by atoms with Crippen LogP contribution in [0.25, 0.3) is 0 Å². The van der Waals surface area contributed by atoms with Gasteiger partial charge in [-0.25, -0.2) is 0 Å². The number of nitrogens with one attached hydrogen (secondary N) is 2. The Morgan fingerprint density at radius 3 is 2.76 bits per heavy atom. The molecule has 1 unspecified atom stereocenters. The molecule has 17 heavy (non-hydrogen) atoms. The summed E-state index contributed by atoms with van der Waals surface area (Å²) in [5.41, 5.74) is 0.754. The van der Waals surface area contributed by atoms with E-state index in [4.69, 9.17) is 4.74 Å². The molecule has 1 aromatic rings. The van der Waals surface area contributed by atoms with Crippen molar-refractivity contribution in [1.29, 1.82) is 0 Å². The van der Waals surface area contributed by atoms with Gasteiger partial charge in [0.05, 0.1) is 6.54 Å². The highest BCUT2D eigenvalue weighted by Gasteiger charge is 2.04. The lowest BCUT2D eigenvalue weighted by Crippen LogP contribution is -2.34. The molecule has 1 aromatic carbocycles. The number of ether oxygens (including phenoxy) is 1. The van der Waals surface area contributed by atoms with Crippen molar-refractivity contribution in [1.82, 2.24) is 5.32 Å². The Balaban J connectivity index is 2.18. The SMILES string of the molecule is CCOC(O)CNCC(=O)Nc1ccccc1. The van der Waals surface area contributed by atoms with Crippen LogP contribution in [-0.2, 0) is 9.53 Å². The summed E-state index contributed by atoms with van der Waals surface area (Å²) in [4.78, 5) is 11.5. The fourth-order valence-electron chi connectivity index (χ4n) is 1.29. The number of aliphatic hydroxyl groups excluding tert-OH is 1. The third kappa shape index (κ3) is 6.01. The van der Waals surface area contributed by atoms with Gasteiger partial charge in [0, 0.05) is 18.8 Å². The first kappa shape index (κ1) is 13.6. The monoisotopic (exact) mass is 238 g/mol. The van der Waals surface area contributed by atoms with Crippen LogP contribution in [0.3, 0.4) is 0 Å². The average Bonchev–Trinajstić information content (AvgIpc) is 2.30. The molecule has 3 N–H and O–H groups in total. The summed E-state index contributed by atoms with van der Waals surface area (Å²) in [6.45, 7) is 2.61. The van der Waals surface area contributed by atoms with E-state index in [1.807, 2.05) is 30.3 Å². The number of hydrogen-bond donors (Lipinski definition) is 3. The quantitative estimate of drug-likeness (QED) is 0.607. The standard InChI is InChI=1S/C12H18N2O3/c1-2-17-12(16)9-13-8-11(15)14-10-6-4-3-5-7-10/h3-7,12-13,16H,2,8-9H2,1H3,(H,14,15). The summed E-state index contributed by atoms with van der Waals surface area (Å²) in [6, 6.07) is 9.20. The molecule has 0 fully saturated rings. The summed E-state index contributed by atoms with van der Waals surface area (Å²) in [6.07, 6.45) is -0.871. The lowest BCUT2D eigenvalue weighted by molar-refractivity contribution is -0.116. The highest BCUT2D eigenvalue weighted by molar-refractivity contribution is 5.92. The zero-order valence-electron chi connectivity index (χ0n) is 9.85. The van der Waals surface area contributed by atoms with Crippen molar-refractivity contribution < 1.29 is 14.6 Å². The molecule has 1 amide bonds. The molecule has 0 aromatic heterocycles. The molecule has 0 saturated heterocycles. The molecule has 5 heteroatoms. The molecule has 0 spiro atoms. The first-order valence-corrected chi connectivity index (χ1v) is 5.57. The average molecular weight is 238 g/mol. The molecule has 0 bridgehead atoms. The van der Waals surface area contributed by atoms with Crippen LogP contribution < -0.4 is 10.6 Å². The normalized spacial score (nSPS) is 12.1. The van der Waals surface area contributed by atoms with Crippen LogP contribution in [0.4, 0.5) is 5.69 Å². The number of anilines is 1. The largest absolute Gasteiger partial charge is 0.367 e. The smallest absolute Gasteiger partial charge is 0.238 e. The molecule has 1 rings (SSSR count). The van der Waals surface area contributed by atoms with Gasteiger partial charge in [-0.2, -0.15) is 0 Å². The summed E-state index contributed by atoms with van der Waals surface area (Å²) in [5, 5.41) is 14.8. The van der Waals surface area contributed by atoms with Crippen molar-refractivity contribution in [2.24, 2.45) is 0 Å². The first-order valence-electron chi connectivity index (χ1n) is 5.57. The van der Waals surface area contributed by atoms with E-state index in [0.29, 0.717) is 6.61 Å². The summed E-state index contributed by atoms with van der Waals surface area (Å²) in [7, 11) is 0. The van der Waals surface area contributed by atoms with Crippen molar-refractivity contribution in [3.63, 3.8) is 0 Å². The van der Waals surface area contributed by atoms with Gasteiger partial charge in [0.15, 0.2) is 6.29 Å². The molecule has 0 aliphatic heterocycles. The van der Waals surface area contributed by atoms with Gasteiger partial charge in [-0.1, -0.05) is 18.2 Å². The number of aliphatic hydroxyl groups is 1. The van der Waals surface area contributed by atoms with Crippen molar-refractivity contribution in [3.05, 3.63) is 30.3 Å². The number of carbonyl (C=O) groups is 1. The van der Waals surface area contributed by atoms with E-state index in [0.717, 1.165) is 5.69 Å². The van der Waals surface area contributed by atoms with E-state index in [-0.39, 0.29) is 19.0 Å². The van der Waals surface area contributed by atoms with E-state index < -0.39 is 6.29 Å². The molecular formula is C12H18N2O3. The van der Waals surface area contributed by atoms with Gasteiger partial charge >= 0.3 is 0 Å². The second-order valence-electron chi connectivity index (χ2n) is 3.46. The molecule has 5 nitrogen and oxygen atoms in total. The lowest BCUT2D eigenvalue weighted by atomic mass is 10.3. The highest BCUT2D eigenvalue weighted by atomic mass is 16.6. The second kappa shape index (κ2) is 7.78. The number of rotatable bonds is 7. The lowest BCUT2D eigenvalue weighted by Gasteiger charge is -2.11. The van der Waals surface area contributed by atoms with Crippen LogP contribution >= 0.6 is 0 Å². The van der Waals surface area contributed by atoms with Gasteiger partial charge in [0.1, 0.15) is 0 Å². The molecular weight excluding hydrogens is 220 g/mol. The van der Waals surface area contributed by atoms with Gasteiger partial charge in [-0.3, -0.25) is 4.79 Å². The van der Waals surface area contributed by atoms with E-state index in [1.54, 1.807) is 6.92 Å². The summed E-state index contributed by atoms with van der Waals surface area (Å²) >= 11 is 0. The van der Waals surface area contributed by atoms with Gasteiger partial charge in [-0.05, 0) is 19.1 Å². The maximum Gasteiger partial charge on any atom is 0.238 e. The Morgan fingerprint density at radius 1 is 1.41 bits per heavy atom. The number of hydrogen-bond acceptors (Lipinski definition) is 4. The minimum atomic E-state index is -0.871. The Hall–Kier alpha value is -1.43. The van der Waals surface area contributed by atoms with Gasteiger partial charge in [0.25, 0.3) is 0 Å². The van der Waals surface area contributed by atoms with Crippen LogP contribution in [0.5, 0.6) is 0 Å². The Kier molecular flexibility index (Phi) is 6.24. The predicted octanol–water partition coefficient (Wildman–Crippen LogP) is 0.570. The molecule has 0 heterocycles. The number of benzene rings is 1. The molecule has 1 atom stereocenters. The minimum Gasteiger partial charge on any atom is -0.367 e. The fourth-order valence-corrected chi connectivity index (χ4v) is 1.29. The van der Waals surface area contributed by atoms with Gasteiger partial charge in [0.2, 0.25) is 5.91 Å². The van der Waals surface area contributed by atoms with Crippen molar-refractivity contribution in [2.45, 2.75) is 13.2 Å². The Labute approximate surface area is 101 Å². The molecule has 94 valence electrons. The minimum absolute atomic E-state index is 0.138. The number of amides is 1. The van der Waals surface area contributed by atoms with Crippen LogP contribution in [0.15, 0.2) is 30.3 Å². The number of carbonyl (C=O) groups excluding carboxylic acids is 1.